The van der Waals surface area contributed by atoms with Crippen molar-refractivity contribution >= 4 is 54.5 Å². The minimum absolute atomic E-state index is 1.07. The number of halogens is 1. The first-order valence-corrected chi connectivity index (χ1v) is 12.2. The van der Waals surface area contributed by atoms with E-state index >= 15 is 0 Å². The van der Waals surface area contributed by atoms with Crippen LogP contribution in [0, 0.1) is 0 Å². The van der Waals surface area contributed by atoms with Crippen molar-refractivity contribution in [3.63, 3.8) is 0 Å². The van der Waals surface area contributed by atoms with Gasteiger partial charge in [-0.2, -0.15) is 0 Å². The summed E-state index contributed by atoms with van der Waals surface area (Å²) in [6.07, 6.45) is 0. The molecule has 0 fully saturated rings. The standard InChI is InChI=1S/C32H22BrN/c33-25-17-19-26(20-18-25)34(31-16-8-12-24-11-4-5-13-28(24)31)32-22-21-27(23-9-2-1-3-10-23)29-14-6-7-15-30(29)32/h1-22H. The Morgan fingerprint density at radius 1 is 0.441 bits per heavy atom. The third kappa shape index (κ3) is 3.67. The highest BCUT2D eigenvalue weighted by Gasteiger charge is 2.18. The predicted octanol–water partition coefficient (Wildman–Crippen LogP) is 9.89. The summed E-state index contributed by atoms with van der Waals surface area (Å²) < 4.78 is 1.07. The second kappa shape index (κ2) is 8.81. The maximum Gasteiger partial charge on any atom is 0.0540 e. The maximum atomic E-state index is 3.60. The van der Waals surface area contributed by atoms with Gasteiger partial charge in [-0.25, -0.2) is 0 Å². The SMILES string of the molecule is Brc1ccc(N(c2cccc3ccccc23)c2ccc(-c3ccccc3)c3ccccc23)cc1. The van der Waals surface area contributed by atoms with E-state index in [0.29, 0.717) is 0 Å². The lowest BCUT2D eigenvalue weighted by Crippen LogP contribution is -2.11. The van der Waals surface area contributed by atoms with Gasteiger partial charge in [0.15, 0.2) is 0 Å². The second-order valence-corrected chi connectivity index (χ2v) is 9.27. The molecule has 0 atom stereocenters. The molecule has 0 bridgehead atoms. The Bertz CT molecular complexity index is 1600. The quantitative estimate of drug-likeness (QED) is 0.233. The molecule has 0 aliphatic heterocycles. The van der Waals surface area contributed by atoms with Gasteiger partial charge in [-0.05, 0) is 58.3 Å². The van der Waals surface area contributed by atoms with Gasteiger partial charge in [0.1, 0.15) is 0 Å². The van der Waals surface area contributed by atoms with E-state index in [9.17, 15) is 0 Å². The van der Waals surface area contributed by atoms with Crippen LogP contribution in [0.4, 0.5) is 17.1 Å². The number of rotatable bonds is 4. The van der Waals surface area contributed by atoms with Crippen LogP contribution in [0.5, 0.6) is 0 Å². The highest BCUT2D eigenvalue weighted by Crippen LogP contribution is 2.44. The van der Waals surface area contributed by atoms with Gasteiger partial charge in [-0.1, -0.05) is 113 Å². The molecular weight excluding hydrogens is 478 g/mol. The Balaban J connectivity index is 1.65. The molecule has 0 radical (unpaired) electrons. The zero-order valence-electron chi connectivity index (χ0n) is 18.5. The second-order valence-electron chi connectivity index (χ2n) is 8.35. The molecule has 1 nitrogen and oxygen atoms in total. The molecule has 0 spiro atoms. The van der Waals surface area contributed by atoms with E-state index in [1.807, 2.05) is 0 Å². The van der Waals surface area contributed by atoms with E-state index in [2.05, 4.69) is 154 Å². The number of anilines is 3. The fraction of sp³-hybridized carbons (Fsp3) is 0. The molecule has 0 saturated carbocycles. The highest BCUT2D eigenvalue weighted by atomic mass is 79.9. The topological polar surface area (TPSA) is 3.24 Å². The van der Waals surface area contributed by atoms with Gasteiger partial charge in [-0.3, -0.25) is 0 Å². The minimum atomic E-state index is 1.07. The number of hydrogen-bond donors (Lipinski definition) is 0. The molecule has 6 aromatic rings. The Hall–Kier alpha value is -3.88. The van der Waals surface area contributed by atoms with Crippen molar-refractivity contribution in [1.29, 1.82) is 0 Å². The lowest BCUT2D eigenvalue weighted by atomic mass is 9.96. The molecule has 162 valence electrons. The molecule has 0 aliphatic carbocycles. The van der Waals surface area contributed by atoms with Crippen LogP contribution >= 0.6 is 15.9 Å². The molecule has 0 heterocycles. The van der Waals surface area contributed by atoms with Crippen LogP contribution < -0.4 is 4.90 Å². The lowest BCUT2D eigenvalue weighted by Gasteiger charge is -2.28. The van der Waals surface area contributed by atoms with Crippen LogP contribution in [0.3, 0.4) is 0 Å². The van der Waals surface area contributed by atoms with Gasteiger partial charge in [0.2, 0.25) is 0 Å². The molecule has 0 unspecified atom stereocenters. The lowest BCUT2D eigenvalue weighted by molar-refractivity contribution is 1.31. The Labute approximate surface area is 208 Å². The highest BCUT2D eigenvalue weighted by molar-refractivity contribution is 9.10. The van der Waals surface area contributed by atoms with Crippen LogP contribution in [0.25, 0.3) is 32.7 Å². The van der Waals surface area contributed by atoms with Crippen LogP contribution in [0.15, 0.2) is 138 Å². The van der Waals surface area contributed by atoms with E-state index in [-0.39, 0.29) is 0 Å². The monoisotopic (exact) mass is 499 g/mol. The molecule has 0 saturated heterocycles. The molecule has 0 amide bonds. The number of fused-ring (bicyclic) bond motifs is 2. The van der Waals surface area contributed by atoms with Gasteiger partial charge < -0.3 is 4.90 Å². The third-order valence-electron chi connectivity index (χ3n) is 6.32. The van der Waals surface area contributed by atoms with Crippen LogP contribution in [-0.4, -0.2) is 0 Å². The Kier molecular flexibility index (Phi) is 5.37. The van der Waals surface area contributed by atoms with Crippen molar-refractivity contribution in [3.8, 4) is 11.1 Å². The molecule has 2 heteroatoms. The van der Waals surface area contributed by atoms with Crippen molar-refractivity contribution in [2.75, 3.05) is 4.90 Å². The fourth-order valence-electron chi connectivity index (χ4n) is 4.75. The summed E-state index contributed by atoms with van der Waals surface area (Å²) in [7, 11) is 0. The summed E-state index contributed by atoms with van der Waals surface area (Å²) in [6, 6.07) is 47.5. The number of nitrogens with zero attached hydrogens (tertiary/aromatic N) is 1. The largest absolute Gasteiger partial charge is 0.309 e. The van der Waals surface area contributed by atoms with Gasteiger partial charge in [0.25, 0.3) is 0 Å². The fourth-order valence-corrected chi connectivity index (χ4v) is 5.01. The normalized spacial score (nSPS) is 11.1. The first kappa shape index (κ1) is 20.7. The van der Waals surface area contributed by atoms with Gasteiger partial charge in [0.05, 0.1) is 11.4 Å². The van der Waals surface area contributed by atoms with Gasteiger partial charge >= 0.3 is 0 Å². The maximum absolute atomic E-state index is 3.60. The predicted molar refractivity (Wildman–Crippen MR) is 149 cm³/mol. The smallest absolute Gasteiger partial charge is 0.0540 e. The molecule has 0 aliphatic rings. The third-order valence-corrected chi connectivity index (χ3v) is 6.85. The van der Waals surface area contributed by atoms with Crippen molar-refractivity contribution in [2.24, 2.45) is 0 Å². The van der Waals surface area contributed by atoms with Crippen LogP contribution in [-0.2, 0) is 0 Å². The van der Waals surface area contributed by atoms with E-state index in [1.165, 1.54) is 32.7 Å². The summed E-state index contributed by atoms with van der Waals surface area (Å²) in [5.74, 6) is 0. The zero-order valence-corrected chi connectivity index (χ0v) is 20.1. The average Bonchev–Trinajstić information content (AvgIpc) is 2.90. The van der Waals surface area contributed by atoms with Crippen molar-refractivity contribution in [3.05, 3.63) is 138 Å². The van der Waals surface area contributed by atoms with Crippen molar-refractivity contribution < 1.29 is 0 Å². The zero-order chi connectivity index (χ0) is 22.9. The van der Waals surface area contributed by atoms with Crippen LogP contribution in [0.2, 0.25) is 0 Å². The molecule has 0 aromatic heterocycles. The summed E-state index contributed by atoms with van der Waals surface area (Å²) in [6.45, 7) is 0. The number of hydrogen-bond acceptors (Lipinski definition) is 1. The molecule has 34 heavy (non-hydrogen) atoms. The molecule has 6 rings (SSSR count). The van der Waals surface area contributed by atoms with Crippen molar-refractivity contribution in [2.45, 2.75) is 0 Å². The van der Waals surface area contributed by atoms with E-state index in [0.717, 1.165) is 21.5 Å². The van der Waals surface area contributed by atoms with E-state index < -0.39 is 0 Å². The first-order chi connectivity index (χ1) is 16.8. The average molecular weight is 500 g/mol. The number of benzene rings is 6. The Morgan fingerprint density at radius 2 is 1.06 bits per heavy atom. The molecule has 0 N–H and O–H groups in total. The van der Waals surface area contributed by atoms with E-state index in [1.54, 1.807) is 0 Å². The van der Waals surface area contributed by atoms with Crippen molar-refractivity contribution in [1.82, 2.24) is 0 Å². The molecule has 6 aromatic carbocycles. The summed E-state index contributed by atoms with van der Waals surface area (Å²) in [5.41, 5.74) is 5.92. The Morgan fingerprint density at radius 3 is 1.85 bits per heavy atom. The summed E-state index contributed by atoms with van der Waals surface area (Å²) >= 11 is 3.60. The first-order valence-electron chi connectivity index (χ1n) is 11.4. The molecular formula is C32H22BrN. The van der Waals surface area contributed by atoms with Crippen LogP contribution in [0.1, 0.15) is 0 Å². The van der Waals surface area contributed by atoms with E-state index in [4.69, 9.17) is 0 Å². The van der Waals surface area contributed by atoms with Gasteiger partial charge in [0, 0.05) is 20.9 Å². The summed E-state index contributed by atoms with van der Waals surface area (Å²) in [4.78, 5) is 2.38. The van der Waals surface area contributed by atoms with Gasteiger partial charge in [-0.15, -0.1) is 0 Å². The summed E-state index contributed by atoms with van der Waals surface area (Å²) in [5, 5.41) is 4.92. The minimum Gasteiger partial charge on any atom is -0.309 e.